The Hall–Kier alpha value is -1.82. The molecule has 1 aromatic carbocycles. The molecule has 1 atom stereocenters. The Balaban J connectivity index is 2.32. The predicted molar refractivity (Wildman–Crippen MR) is 46.6 cm³/mol. The lowest BCUT2D eigenvalue weighted by molar-refractivity contribution is 0.622. The smallest absolute Gasteiger partial charge is 0.195 e. The van der Waals surface area contributed by atoms with Crippen LogP contribution in [0.15, 0.2) is 24.3 Å². The number of nitrogens with zero attached hydrogens (tertiary/aromatic N) is 3. The first-order chi connectivity index (χ1) is 6.77. The topological polar surface area (TPSA) is 80.5 Å². The minimum absolute atomic E-state index is 0.332. The summed E-state index contributed by atoms with van der Waals surface area (Å²) < 4.78 is 12.8. The number of nitrogens with two attached hydrogens (primary N) is 1. The average molecular weight is 193 g/mol. The molecule has 2 aromatic rings. The molecular weight excluding hydrogens is 185 g/mol. The third-order valence-corrected chi connectivity index (χ3v) is 1.85. The van der Waals surface area contributed by atoms with E-state index in [1.165, 1.54) is 12.1 Å². The summed E-state index contributed by atoms with van der Waals surface area (Å²) in [5.41, 5.74) is 6.40. The lowest BCUT2D eigenvalue weighted by atomic mass is 10.1. The van der Waals surface area contributed by atoms with Gasteiger partial charge in [0.25, 0.3) is 0 Å². The summed E-state index contributed by atoms with van der Waals surface area (Å²) in [5.74, 6) is 0.0112. The standard InChI is InChI=1S/C8H8FN5/c9-6-3-1-2-5(4-6)7(10)8-11-13-14-12-8/h1-4,7H,10H2,(H,11,12,13,14)/t7-/m1/s1. The van der Waals surface area contributed by atoms with E-state index in [4.69, 9.17) is 5.73 Å². The number of aromatic amines is 1. The lowest BCUT2D eigenvalue weighted by Gasteiger charge is -2.06. The molecule has 0 aliphatic rings. The van der Waals surface area contributed by atoms with Crippen molar-refractivity contribution >= 4 is 0 Å². The molecule has 0 aliphatic heterocycles. The Bertz CT molecular complexity index is 413. The van der Waals surface area contributed by atoms with Crippen molar-refractivity contribution in [3.05, 3.63) is 41.5 Å². The highest BCUT2D eigenvalue weighted by molar-refractivity contribution is 5.24. The molecule has 0 saturated heterocycles. The van der Waals surface area contributed by atoms with Crippen molar-refractivity contribution in [1.29, 1.82) is 0 Å². The second-order valence-corrected chi connectivity index (χ2v) is 2.80. The van der Waals surface area contributed by atoms with Gasteiger partial charge in [-0.25, -0.2) is 4.39 Å². The van der Waals surface area contributed by atoms with Crippen LogP contribution >= 0.6 is 0 Å². The summed E-state index contributed by atoms with van der Waals surface area (Å²) in [7, 11) is 0. The van der Waals surface area contributed by atoms with Crippen LogP contribution in [0.2, 0.25) is 0 Å². The van der Waals surface area contributed by atoms with Gasteiger partial charge in [-0.2, -0.15) is 5.21 Å². The van der Waals surface area contributed by atoms with Crippen molar-refractivity contribution in [3.8, 4) is 0 Å². The molecule has 3 N–H and O–H groups in total. The van der Waals surface area contributed by atoms with Gasteiger partial charge in [-0.3, -0.25) is 0 Å². The van der Waals surface area contributed by atoms with E-state index < -0.39 is 6.04 Å². The first kappa shape index (κ1) is 8.76. The third kappa shape index (κ3) is 1.60. The summed E-state index contributed by atoms with van der Waals surface area (Å²) in [4.78, 5) is 0. The Morgan fingerprint density at radius 2 is 2.29 bits per heavy atom. The lowest BCUT2D eigenvalue weighted by Crippen LogP contribution is -2.13. The van der Waals surface area contributed by atoms with E-state index in [0.29, 0.717) is 11.4 Å². The molecule has 0 spiro atoms. The van der Waals surface area contributed by atoms with Crippen LogP contribution in [-0.4, -0.2) is 20.6 Å². The van der Waals surface area contributed by atoms with Crippen LogP contribution in [-0.2, 0) is 0 Å². The maximum Gasteiger partial charge on any atom is 0.195 e. The first-order valence-corrected chi connectivity index (χ1v) is 4.02. The van der Waals surface area contributed by atoms with Crippen molar-refractivity contribution in [2.24, 2.45) is 5.73 Å². The van der Waals surface area contributed by atoms with Crippen LogP contribution in [0.25, 0.3) is 0 Å². The molecule has 6 heteroatoms. The molecule has 0 fully saturated rings. The minimum Gasteiger partial charge on any atom is -0.318 e. The number of nitrogens with one attached hydrogen (secondary N) is 1. The zero-order chi connectivity index (χ0) is 9.97. The molecule has 1 aromatic heterocycles. The summed E-state index contributed by atoms with van der Waals surface area (Å²) >= 11 is 0. The number of halogens is 1. The first-order valence-electron chi connectivity index (χ1n) is 4.02. The van der Waals surface area contributed by atoms with Gasteiger partial charge >= 0.3 is 0 Å². The van der Waals surface area contributed by atoms with Gasteiger partial charge in [-0.05, 0) is 17.7 Å². The molecule has 0 saturated carbocycles. The maximum atomic E-state index is 12.8. The van der Waals surface area contributed by atoms with E-state index in [9.17, 15) is 4.39 Å². The van der Waals surface area contributed by atoms with Gasteiger partial charge in [0.05, 0.1) is 6.04 Å². The number of hydrogen-bond donors (Lipinski definition) is 2. The van der Waals surface area contributed by atoms with Crippen LogP contribution in [0, 0.1) is 5.82 Å². The van der Waals surface area contributed by atoms with E-state index in [0.717, 1.165) is 0 Å². The SMILES string of the molecule is N[C@H](c1cccc(F)c1)c1nn[nH]n1. The van der Waals surface area contributed by atoms with E-state index in [1.807, 2.05) is 0 Å². The van der Waals surface area contributed by atoms with Crippen molar-refractivity contribution in [3.63, 3.8) is 0 Å². The fourth-order valence-electron chi connectivity index (χ4n) is 1.15. The second kappa shape index (κ2) is 3.51. The number of benzene rings is 1. The average Bonchev–Trinajstić information content (AvgIpc) is 2.69. The molecule has 72 valence electrons. The molecule has 5 nitrogen and oxygen atoms in total. The Kier molecular flexibility index (Phi) is 2.19. The normalized spacial score (nSPS) is 12.7. The van der Waals surface area contributed by atoms with Gasteiger partial charge in [0, 0.05) is 0 Å². The Morgan fingerprint density at radius 1 is 1.43 bits per heavy atom. The predicted octanol–water partition coefficient (Wildman–Crippen LogP) is 0.387. The summed E-state index contributed by atoms with van der Waals surface area (Å²) in [6, 6.07) is 5.45. The number of hydrogen-bond acceptors (Lipinski definition) is 4. The van der Waals surface area contributed by atoms with E-state index in [-0.39, 0.29) is 5.82 Å². The Labute approximate surface area is 79.1 Å². The van der Waals surface area contributed by atoms with Crippen LogP contribution in [0.1, 0.15) is 17.4 Å². The summed E-state index contributed by atoms with van der Waals surface area (Å²) in [5, 5.41) is 13.1. The van der Waals surface area contributed by atoms with Gasteiger partial charge in [-0.15, -0.1) is 10.2 Å². The monoisotopic (exact) mass is 193 g/mol. The highest BCUT2D eigenvalue weighted by Crippen LogP contribution is 2.15. The van der Waals surface area contributed by atoms with E-state index >= 15 is 0 Å². The van der Waals surface area contributed by atoms with Crippen LogP contribution in [0.3, 0.4) is 0 Å². The van der Waals surface area contributed by atoms with E-state index in [1.54, 1.807) is 12.1 Å². The molecular formula is C8H8FN5. The fraction of sp³-hybridized carbons (Fsp3) is 0.125. The zero-order valence-corrected chi connectivity index (χ0v) is 7.18. The summed E-state index contributed by atoms with van der Waals surface area (Å²) in [6.45, 7) is 0. The van der Waals surface area contributed by atoms with Crippen molar-refractivity contribution in [2.45, 2.75) is 6.04 Å². The fourth-order valence-corrected chi connectivity index (χ4v) is 1.15. The van der Waals surface area contributed by atoms with Crippen LogP contribution < -0.4 is 5.73 Å². The quantitative estimate of drug-likeness (QED) is 0.722. The molecule has 0 unspecified atom stereocenters. The zero-order valence-electron chi connectivity index (χ0n) is 7.18. The van der Waals surface area contributed by atoms with Crippen LogP contribution in [0.4, 0.5) is 4.39 Å². The molecule has 0 radical (unpaired) electrons. The molecule has 0 amide bonds. The second-order valence-electron chi connectivity index (χ2n) is 2.80. The van der Waals surface area contributed by atoms with Crippen molar-refractivity contribution < 1.29 is 4.39 Å². The molecule has 0 aliphatic carbocycles. The number of H-pyrrole nitrogens is 1. The highest BCUT2D eigenvalue weighted by atomic mass is 19.1. The number of rotatable bonds is 2. The largest absolute Gasteiger partial charge is 0.318 e. The van der Waals surface area contributed by atoms with Gasteiger partial charge in [0.15, 0.2) is 5.82 Å². The van der Waals surface area contributed by atoms with Gasteiger partial charge in [-0.1, -0.05) is 17.3 Å². The molecule has 0 bridgehead atoms. The number of tetrazole rings is 1. The molecule has 2 rings (SSSR count). The molecule has 1 heterocycles. The summed E-state index contributed by atoms with van der Waals surface area (Å²) in [6.07, 6.45) is 0. The third-order valence-electron chi connectivity index (χ3n) is 1.85. The van der Waals surface area contributed by atoms with Gasteiger partial charge in [0.2, 0.25) is 0 Å². The van der Waals surface area contributed by atoms with Crippen molar-refractivity contribution in [2.75, 3.05) is 0 Å². The van der Waals surface area contributed by atoms with E-state index in [2.05, 4.69) is 20.6 Å². The van der Waals surface area contributed by atoms with Crippen LogP contribution in [0.5, 0.6) is 0 Å². The van der Waals surface area contributed by atoms with Gasteiger partial charge in [0.1, 0.15) is 5.82 Å². The Morgan fingerprint density at radius 3 is 2.93 bits per heavy atom. The number of aromatic nitrogens is 4. The molecule has 14 heavy (non-hydrogen) atoms. The minimum atomic E-state index is -0.551. The van der Waals surface area contributed by atoms with Gasteiger partial charge < -0.3 is 5.73 Å². The van der Waals surface area contributed by atoms with Crippen molar-refractivity contribution in [1.82, 2.24) is 20.6 Å². The highest BCUT2D eigenvalue weighted by Gasteiger charge is 2.13. The maximum absolute atomic E-state index is 12.8.